The van der Waals surface area contributed by atoms with E-state index in [4.69, 9.17) is 16.3 Å². The zero-order chi connectivity index (χ0) is 20.5. The highest BCUT2D eigenvalue weighted by Crippen LogP contribution is 2.31. The first kappa shape index (κ1) is 19.7. The number of halogens is 1. The highest BCUT2D eigenvalue weighted by molar-refractivity contribution is 7.98. The SMILES string of the molecule is O=c1[nH]c(CSc2nnnn2C[C@H]2CCCO2)nc2scc(-c3ccc(Cl)cc3)c12. The molecule has 1 aromatic carbocycles. The van der Waals surface area contributed by atoms with Crippen molar-refractivity contribution in [3.05, 3.63) is 50.8 Å². The molecule has 1 fully saturated rings. The van der Waals surface area contributed by atoms with Crippen LogP contribution in [0, 0.1) is 0 Å². The Morgan fingerprint density at radius 1 is 1.33 bits per heavy atom. The predicted octanol–water partition coefficient (Wildman–Crippen LogP) is 3.76. The van der Waals surface area contributed by atoms with Crippen molar-refractivity contribution in [3.8, 4) is 11.1 Å². The van der Waals surface area contributed by atoms with Gasteiger partial charge in [-0.25, -0.2) is 9.67 Å². The van der Waals surface area contributed by atoms with Crippen molar-refractivity contribution in [2.45, 2.75) is 36.4 Å². The van der Waals surface area contributed by atoms with E-state index in [0.29, 0.717) is 38.5 Å². The lowest BCUT2D eigenvalue weighted by molar-refractivity contribution is 0.0912. The van der Waals surface area contributed by atoms with E-state index >= 15 is 0 Å². The van der Waals surface area contributed by atoms with E-state index < -0.39 is 0 Å². The number of hydrogen-bond acceptors (Lipinski definition) is 8. The van der Waals surface area contributed by atoms with E-state index in [0.717, 1.165) is 30.6 Å². The molecule has 1 N–H and O–H groups in total. The van der Waals surface area contributed by atoms with Gasteiger partial charge in [0.05, 0.1) is 23.8 Å². The van der Waals surface area contributed by atoms with E-state index in [-0.39, 0.29) is 11.7 Å². The number of fused-ring (bicyclic) bond motifs is 1. The van der Waals surface area contributed by atoms with Crippen molar-refractivity contribution in [3.63, 3.8) is 0 Å². The minimum atomic E-state index is -0.152. The molecule has 1 aliphatic heterocycles. The van der Waals surface area contributed by atoms with Gasteiger partial charge in [-0.15, -0.1) is 16.4 Å². The van der Waals surface area contributed by atoms with Crippen LogP contribution in [0.25, 0.3) is 21.3 Å². The van der Waals surface area contributed by atoms with E-state index in [2.05, 4.69) is 25.5 Å². The molecular weight excluding hydrogens is 444 g/mol. The Morgan fingerprint density at radius 3 is 3.00 bits per heavy atom. The van der Waals surface area contributed by atoms with Crippen LogP contribution in [0.15, 0.2) is 39.6 Å². The molecule has 30 heavy (non-hydrogen) atoms. The molecule has 0 aliphatic carbocycles. The molecule has 0 spiro atoms. The van der Waals surface area contributed by atoms with Crippen molar-refractivity contribution in [1.82, 2.24) is 30.2 Å². The maximum atomic E-state index is 12.8. The van der Waals surface area contributed by atoms with Crippen LogP contribution in [0.2, 0.25) is 5.02 Å². The number of hydrogen-bond donors (Lipinski definition) is 1. The number of nitrogens with one attached hydrogen (secondary N) is 1. The topological polar surface area (TPSA) is 98.6 Å². The number of aromatic nitrogens is 6. The van der Waals surface area contributed by atoms with Crippen LogP contribution in [0.5, 0.6) is 0 Å². The average molecular weight is 461 g/mol. The fourth-order valence-corrected chi connectivity index (χ4v) is 5.28. The third-order valence-electron chi connectivity index (χ3n) is 4.89. The van der Waals surface area contributed by atoms with E-state index in [1.54, 1.807) is 4.68 Å². The Hall–Kier alpha value is -2.27. The van der Waals surface area contributed by atoms with E-state index in [1.807, 2.05) is 29.6 Å². The van der Waals surface area contributed by atoms with Gasteiger partial charge in [-0.05, 0) is 41.0 Å². The number of H-pyrrole nitrogens is 1. The Bertz CT molecular complexity index is 1230. The summed E-state index contributed by atoms with van der Waals surface area (Å²) in [6, 6.07) is 7.43. The lowest BCUT2D eigenvalue weighted by atomic mass is 10.1. The number of benzene rings is 1. The van der Waals surface area contributed by atoms with Gasteiger partial charge in [0.1, 0.15) is 10.7 Å². The fraction of sp³-hybridized carbons (Fsp3) is 0.316. The minimum Gasteiger partial charge on any atom is -0.376 e. The predicted molar refractivity (Wildman–Crippen MR) is 117 cm³/mol. The highest BCUT2D eigenvalue weighted by atomic mass is 35.5. The fourth-order valence-electron chi connectivity index (χ4n) is 3.43. The number of thiophene rings is 1. The number of tetrazole rings is 1. The third-order valence-corrected chi connectivity index (χ3v) is 6.98. The molecule has 0 unspecified atom stereocenters. The third kappa shape index (κ3) is 4.00. The highest BCUT2D eigenvalue weighted by Gasteiger charge is 2.19. The molecule has 0 bridgehead atoms. The minimum absolute atomic E-state index is 0.152. The van der Waals surface area contributed by atoms with Gasteiger partial charge in [0, 0.05) is 22.6 Å². The lowest BCUT2D eigenvalue weighted by Gasteiger charge is -2.09. The molecule has 4 heterocycles. The van der Waals surface area contributed by atoms with E-state index in [1.165, 1.54) is 23.1 Å². The zero-order valence-electron chi connectivity index (χ0n) is 15.7. The summed E-state index contributed by atoms with van der Waals surface area (Å²) in [6.07, 6.45) is 2.24. The normalized spacial score (nSPS) is 16.5. The number of thioether (sulfide) groups is 1. The van der Waals surface area contributed by atoms with Crippen molar-refractivity contribution in [2.75, 3.05) is 6.61 Å². The van der Waals surface area contributed by atoms with Crippen LogP contribution in [-0.4, -0.2) is 42.9 Å². The van der Waals surface area contributed by atoms with Gasteiger partial charge in [0.15, 0.2) is 0 Å². The second-order valence-corrected chi connectivity index (χ2v) is 9.15. The molecule has 4 aromatic rings. The Morgan fingerprint density at radius 2 is 2.20 bits per heavy atom. The molecule has 3 aromatic heterocycles. The second-order valence-electron chi connectivity index (χ2n) is 6.92. The molecular formula is C19H17ClN6O2S2. The van der Waals surface area contributed by atoms with Crippen LogP contribution in [0.4, 0.5) is 0 Å². The maximum Gasteiger partial charge on any atom is 0.260 e. The molecule has 1 saturated heterocycles. The van der Waals surface area contributed by atoms with Crippen LogP contribution in [0.1, 0.15) is 18.7 Å². The summed E-state index contributed by atoms with van der Waals surface area (Å²) in [7, 11) is 0. The molecule has 0 amide bonds. The molecule has 0 saturated carbocycles. The van der Waals surface area contributed by atoms with Gasteiger partial charge >= 0.3 is 0 Å². The zero-order valence-corrected chi connectivity index (χ0v) is 18.1. The Balaban J connectivity index is 1.36. The van der Waals surface area contributed by atoms with Gasteiger partial charge in [-0.3, -0.25) is 4.79 Å². The van der Waals surface area contributed by atoms with Gasteiger partial charge < -0.3 is 9.72 Å². The van der Waals surface area contributed by atoms with Crippen molar-refractivity contribution < 1.29 is 4.74 Å². The van der Waals surface area contributed by atoms with Gasteiger partial charge in [-0.1, -0.05) is 35.5 Å². The number of rotatable bonds is 6. The maximum absolute atomic E-state index is 12.8. The lowest BCUT2D eigenvalue weighted by Crippen LogP contribution is -2.17. The van der Waals surface area contributed by atoms with Gasteiger partial charge in [0.2, 0.25) is 5.16 Å². The van der Waals surface area contributed by atoms with Crippen molar-refractivity contribution in [1.29, 1.82) is 0 Å². The molecule has 154 valence electrons. The monoisotopic (exact) mass is 460 g/mol. The second kappa shape index (κ2) is 8.46. The molecule has 1 aliphatic rings. The Kier molecular flexibility index (Phi) is 5.55. The largest absolute Gasteiger partial charge is 0.376 e. The van der Waals surface area contributed by atoms with Crippen molar-refractivity contribution in [2.24, 2.45) is 0 Å². The number of aromatic amines is 1. The molecule has 0 radical (unpaired) electrons. The number of nitrogens with zero attached hydrogens (tertiary/aromatic N) is 5. The summed E-state index contributed by atoms with van der Waals surface area (Å²) >= 11 is 8.87. The molecule has 8 nitrogen and oxygen atoms in total. The average Bonchev–Trinajstić information content (AvgIpc) is 3.49. The summed E-state index contributed by atoms with van der Waals surface area (Å²) < 4.78 is 7.41. The molecule has 1 atom stereocenters. The van der Waals surface area contributed by atoms with Crippen LogP contribution in [-0.2, 0) is 17.0 Å². The van der Waals surface area contributed by atoms with Crippen LogP contribution >= 0.6 is 34.7 Å². The summed E-state index contributed by atoms with van der Waals surface area (Å²) in [4.78, 5) is 21.0. The summed E-state index contributed by atoms with van der Waals surface area (Å²) in [5, 5.41) is 15.8. The van der Waals surface area contributed by atoms with Crippen LogP contribution < -0.4 is 5.56 Å². The smallest absolute Gasteiger partial charge is 0.260 e. The summed E-state index contributed by atoms with van der Waals surface area (Å²) in [5.41, 5.74) is 1.65. The first-order chi connectivity index (χ1) is 14.7. The summed E-state index contributed by atoms with van der Waals surface area (Å²) in [5.74, 6) is 1.05. The van der Waals surface area contributed by atoms with Crippen LogP contribution in [0.3, 0.4) is 0 Å². The molecule has 11 heteroatoms. The first-order valence-electron chi connectivity index (χ1n) is 9.44. The Labute approximate surface area is 184 Å². The van der Waals surface area contributed by atoms with Gasteiger partial charge in [-0.2, -0.15) is 0 Å². The van der Waals surface area contributed by atoms with Crippen molar-refractivity contribution >= 4 is 44.9 Å². The quantitative estimate of drug-likeness (QED) is 0.437. The first-order valence-corrected chi connectivity index (χ1v) is 11.7. The van der Waals surface area contributed by atoms with E-state index in [9.17, 15) is 4.79 Å². The molecule has 5 rings (SSSR count). The standard InChI is InChI=1S/C19H17ClN6O2S2/c20-12-5-3-11(4-6-12)14-9-29-18-16(14)17(27)21-15(22-18)10-30-19-23-24-25-26(19)8-13-2-1-7-28-13/h3-6,9,13H,1-2,7-8,10H2,(H,21,22,27)/t13-/m1/s1. The summed E-state index contributed by atoms with van der Waals surface area (Å²) in [6.45, 7) is 1.42. The van der Waals surface area contributed by atoms with Gasteiger partial charge in [0.25, 0.3) is 5.56 Å². The number of ether oxygens (including phenoxy) is 1.